The highest BCUT2D eigenvalue weighted by molar-refractivity contribution is 7.07. The van der Waals surface area contributed by atoms with E-state index in [1.165, 1.54) is 31.2 Å². The maximum Gasteiger partial charge on any atom is 0.193 e. The number of hydrogen-bond acceptors (Lipinski definition) is 3. The van der Waals surface area contributed by atoms with Crippen LogP contribution >= 0.6 is 11.3 Å². The van der Waals surface area contributed by atoms with Gasteiger partial charge in [-0.1, -0.05) is 19.8 Å². The van der Waals surface area contributed by atoms with Crippen molar-refractivity contribution in [3.05, 3.63) is 22.4 Å². The molecule has 2 aliphatic rings. The summed E-state index contributed by atoms with van der Waals surface area (Å²) < 4.78 is 6.22. The van der Waals surface area contributed by atoms with Crippen molar-refractivity contribution in [2.24, 2.45) is 10.9 Å². The second kappa shape index (κ2) is 10.3. The van der Waals surface area contributed by atoms with Gasteiger partial charge in [-0.15, -0.1) is 0 Å². The third-order valence-corrected chi connectivity index (χ3v) is 6.45. The molecule has 1 aromatic heterocycles. The summed E-state index contributed by atoms with van der Waals surface area (Å²) in [7, 11) is 0. The molecule has 0 amide bonds. The first-order chi connectivity index (χ1) is 12.8. The molecule has 4 nitrogen and oxygen atoms in total. The molecule has 5 heteroatoms. The van der Waals surface area contributed by atoms with Gasteiger partial charge in [-0.3, -0.25) is 4.99 Å². The summed E-state index contributed by atoms with van der Waals surface area (Å²) in [6.45, 7) is 9.26. The quantitative estimate of drug-likeness (QED) is 0.562. The topological polar surface area (TPSA) is 36.9 Å². The van der Waals surface area contributed by atoms with Gasteiger partial charge in [0, 0.05) is 38.7 Å². The molecule has 0 spiro atoms. The van der Waals surface area contributed by atoms with E-state index in [1.807, 2.05) is 0 Å². The standard InChI is InChI=1S/C21H35N3OS/c1-3-22-21(23-14-17(2)19-10-13-26-16-19)24-11-8-20(9-12-24)25-15-18-6-4-5-7-18/h10,13,16-18,20H,3-9,11-12,14-15H2,1-2H3,(H,22,23). The Morgan fingerprint density at radius 1 is 1.31 bits per heavy atom. The number of guanidine groups is 1. The number of rotatable bonds is 7. The lowest BCUT2D eigenvalue weighted by Gasteiger charge is -2.34. The maximum atomic E-state index is 6.22. The zero-order valence-electron chi connectivity index (χ0n) is 16.5. The number of hydrogen-bond donors (Lipinski definition) is 1. The zero-order valence-corrected chi connectivity index (χ0v) is 17.3. The van der Waals surface area contributed by atoms with Crippen molar-refractivity contribution < 1.29 is 4.74 Å². The zero-order chi connectivity index (χ0) is 18.2. The van der Waals surface area contributed by atoms with Gasteiger partial charge in [-0.2, -0.15) is 11.3 Å². The summed E-state index contributed by atoms with van der Waals surface area (Å²) in [6.07, 6.45) is 8.24. The molecule has 3 rings (SSSR count). The van der Waals surface area contributed by atoms with Gasteiger partial charge in [0.25, 0.3) is 0 Å². The van der Waals surface area contributed by atoms with Gasteiger partial charge < -0.3 is 15.0 Å². The van der Waals surface area contributed by atoms with Crippen molar-refractivity contribution >= 4 is 17.3 Å². The average molecular weight is 378 g/mol. The first-order valence-electron chi connectivity index (χ1n) is 10.4. The molecule has 2 heterocycles. The number of thiophene rings is 1. The van der Waals surface area contributed by atoms with Crippen LogP contribution in [-0.2, 0) is 4.74 Å². The summed E-state index contributed by atoms with van der Waals surface area (Å²) >= 11 is 1.77. The smallest absolute Gasteiger partial charge is 0.193 e. The lowest BCUT2D eigenvalue weighted by molar-refractivity contribution is 0.00101. The summed E-state index contributed by atoms with van der Waals surface area (Å²) in [5.74, 6) is 2.37. The lowest BCUT2D eigenvalue weighted by Crippen LogP contribution is -2.47. The monoisotopic (exact) mass is 377 g/mol. The molecule has 0 radical (unpaired) electrons. The van der Waals surface area contributed by atoms with Crippen molar-refractivity contribution in [1.82, 2.24) is 10.2 Å². The van der Waals surface area contributed by atoms with Crippen LogP contribution in [0.1, 0.15) is 63.9 Å². The van der Waals surface area contributed by atoms with Crippen LogP contribution in [0.25, 0.3) is 0 Å². The molecular formula is C21H35N3OS. The van der Waals surface area contributed by atoms with Crippen LogP contribution in [0.15, 0.2) is 21.8 Å². The first kappa shape index (κ1) is 19.7. The number of ether oxygens (including phenoxy) is 1. The summed E-state index contributed by atoms with van der Waals surface area (Å²) in [4.78, 5) is 7.34. The molecule has 1 N–H and O–H groups in total. The molecule has 26 heavy (non-hydrogen) atoms. The summed E-state index contributed by atoms with van der Waals surface area (Å²) in [6, 6.07) is 2.21. The van der Waals surface area contributed by atoms with Crippen LogP contribution < -0.4 is 5.32 Å². The Morgan fingerprint density at radius 3 is 2.73 bits per heavy atom. The Kier molecular flexibility index (Phi) is 7.81. The third kappa shape index (κ3) is 5.71. The van der Waals surface area contributed by atoms with Crippen LogP contribution in [0.3, 0.4) is 0 Å². The van der Waals surface area contributed by atoms with Crippen LogP contribution in [0.2, 0.25) is 0 Å². The van der Waals surface area contributed by atoms with Gasteiger partial charge in [0.2, 0.25) is 0 Å². The highest BCUT2D eigenvalue weighted by Gasteiger charge is 2.24. The van der Waals surface area contributed by atoms with E-state index in [0.29, 0.717) is 12.0 Å². The van der Waals surface area contributed by atoms with Crippen molar-refractivity contribution in [3.8, 4) is 0 Å². The van der Waals surface area contributed by atoms with Gasteiger partial charge in [0.05, 0.1) is 6.10 Å². The molecule has 2 fully saturated rings. The van der Waals surface area contributed by atoms with Crippen molar-refractivity contribution in [3.63, 3.8) is 0 Å². The SMILES string of the molecule is CCNC(=NCC(C)c1ccsc1)N1CCC(OCC2CCCC2)CC1. The Bertz CT molecular complexity index is 531. The van der Waals surface area contributed by atoms with E-state index >= 15 is 0 Å². The Labute approximate surface area is 163 Å². The average Bonchev–Trinajstić information content (AvgIpc) is 3.37. The van der Waals surface area contributed by atoms with E-state index in [0.717, 1.165) is 57.5 Å². The van der Waals surface area contributed by atoms with Gasteiger partial charge in [0.1, 0.15) is 0 Å². The fraction of sp³-hybridized carbons (Fsp3) is 0.762. The number of nitrogens with zero attached hydrogens (tertiary/aromatic N) is 2. The van der Waals surface area contributed by atoms with Crippen molar-refractivity contribution in [2.45, 2.75) is 64.4 Å². The van der Waals surface area contributed by atoms with Gasteiger partial charge in [0.15, 0.2) is 5.96 Å². The van der Waals surface area contributed by atoms with Crippen molar-refractivity contribution in [2.75, 3.05) is 32.8 Å². The second-order valence-corrected chi connectivity index (χ2v) is 8.60. The number of nitrogens with one attached hydrogen (secondary N) is 1. The van der Waals surface area contributed by atoms with Crippen LogP contribution in [0, 0.1) is 5.92 Å². The molecule has 146 valence electrons. The van der Waals surface area contributed by atoms with Gasteiger partial charge in [-0.05, 0) is 60.9 Å². The fourth-order valence-electron chi connectivity index (χ4n) is 3.99. The molecule has 1 aromatic rings. The van der Waals surface area contributed by atoms with E-state index in [-0.39, 0.29) is 0 Å². The van der Waals surface area contributed by atoms with Crippen LogP contribution in [0.5, 0.6) is 0 Å². The fourth-order valence-corrected chi connectivity index (χ4v) is 4.78. The molecular weight excluding hydrogens is 342 g/mol. The molecule has 1 unspecified atom stereocenters. The second-order valence-electron chi connectivity index (χ2n) is 7.82. The van der Waals surface area contributed by atoms with E-state index in [1.54, 1.807) is 11.3 Å². The minimum absolute atomic E-state index is 0.444. The number of piperidine rings is 1. The highest BCUT2D eigenvalue weighted by atomic mass is 32.1. The van der Waals surface area contributed by atoms with Crippen LogP contribution in [-0.4, -0.2) is 49.7 Å². The minimum Gasteiger partial charge on any atom is -0.378 e. The predicted molar refractivity (Wildman–Crippen MR) is 111 cm³/mol. The largest absolute Gasteiger partial charge is 0.378 e. The number of likely N-dealkylation sites (tertiary alicyclic amines) is 1. The van der Waals surface area contributed by atoms with Crippen molar-refractivity contribution in [1.29, 1.82) is 0 Å². The van der Waals surface area contributed by atoms with E-state index in [9.17, 15) is 0 Å². The molecule has 1 atom stereocenters. The first-order valence-corrected chi connectivity index (χ1v) is 11.4. The molecule has 1 saturated heterocycles. The highest BCUT2D eigenvalue weighted by Crippen LogP contribution is 2.26. The molecule has 1 saturated carbocycles. The van der Waals surface area contributed by atoms with E-state index < -0.39 is 0 Å². The molecule has 0 bridgehead atoms. The Hall–Kier alpha value is -1.07. The Morgan fingerprint density at radius 2 is 2.08 bits per heavy atom. The predicted octanol–water partition coefficient (Wildman–Crippen LogP) is 4.49. The summed E-state index contributed by atoms with van der Waals surface area (Å²) in [5, 5.41) is 7.87. The normalized spacial score (nSPS) is 21.3. The van der Waals surface area contributed by atoms with E-state index in [4.69, 9.17) is 9.73 Å². The minimum atomic E-state index is 0.444. The summed E-state index contributed by atoms with van der Waals surface area (Å²) in [5.41, 5.74) is 1.40. The lowest BCUT2D eigenvalue weighted by atomic mass is 10.1. The van der Waals surface area contributed by atoms with E-state index in [2.05, 4.69) is 40.9 Å². The third-order valence-electron chi connectivity index (χ3n) is 5.75. The number of aliphatic imine (C=N–C) groups is 1. The maximum absolute atomic E-state index is 6.22. The van der Waals surface area contributed by atoms with Gasteiger partial charge in [-0.25, -0.2) is 0 Å². The molecule has 0 aromatic carbocycles. The van der Waals surface area contributed by atoms with Crippen LogP contribution in [0.4, 0.5) is 0 Å². The molecule has 1 aliphatic heterocycles. The van der Waals surface area contributed by atoms with Gasteiger partial charge >= 0.3 is 0 Å². The molecule has 1 aliphatic carbocycles. The Balaban J connectivity index is 1.45.